The van der Waals surface area contributed by atoms with E-state index in [2.05, 4.69) is 26.3 Å². The van der Waals surface area contributed by atoms with Crippen LogP contribution in [0.4, 0.5) is 0 Å². The minimum Gasteiger partial charge on any atom is -0.368 e. The molecule has 1 aliphatic heterocycles. The molecule has 2 aromatic rings. The van der Waals surface area contributed by atoms with E-state index in [-0.39, 0.29) is 43.2 Å². The zero-order valence-corrected chi connectivity index (χ0v) is 23.5. The molecule has 0 bridgehead atoms. The van der Waals surface area contributed by atoms with Crippen LogP contribution in [0, 0.1) is 5.92 Å². The van der Waals surface area contributed by atoms with Crippen molar-refractivity contribution in [1.29, 1.82) is 0 Å². The first-order chi connectivity index (χ1) is 19.1. The lowest BCUT2D eigenvalue weighted by atomic mass is 10.0. The van der Waals surface area contributed by atoms with Crippen LogP contribution in [0.25, 0.3) is 0 Å². The molecule has 1 aromatic heterocycles. The van der Waals surface area contributed by atoms with E-state index in [1.54, 1.807) is 18.7 Å². The predicted octanol–water partition coefficient (Wildman–Crippen LogP) is 0.259. The van der Waals surface area contributed by atoms with E-state index in [9.17, 15) is 19.2 Å². The highest BCUT2D eigenvalue weighted by Gasteiger charge is 2.44. The van der Waals surface area contributed by atoms with E-state index in [4.69, 9.17) is 5.73 Å². The minimum absolute atomic E-state index is 0.213. The van der Waals surface area contributed by atoms with Crippen LogP contribution < -0.4 is 21.7 Å². The van der Waals surface area contributed by atoms with Crippen LogP contribution in [0.5, 0.6) is 0 Å². The minimum atomic E-state index is -0.948. The molecule has 1 aliphatic carbocycles. The number of likely N-dealkylation sites (N-methyl/N-ethyl adjacent to an activating group) is 1. The van der Waals surface area contributed by atoms with Gasteiger partial charge in [0, 0.05) is 31.5 Å². The summed E-state index contributed by atoms with van der Waals surface area (Å²) in [5.41, 5.74) is 7.42. The molecule has 0 unspecified atom stereocenters. The van der Waals surface area contributed by atoms with Crippen molar-refractivity contribution >= 4 is 23.6 Å². The number of primary amides is 1. The van der Waals surface area contributed by atoms with E-state index >= 15 is 0 Å². The van der Waals surface area contributed by atoms with Crippen LogP contribution in [0.3, 0.4) is 0 Å². The van der Waals surface area contributed by atoms with Gasteiger partial charge in [-0.15, -0.1) is 5.10 Å². The lowest BCUT2D eigenvalue weighted by molar-refractivity contribution is -0.143. The SMILES string of the molecule is CN[C@@H](C)C(=O)N[C@H](C(=O)N1C[C@H](n2cc(C3CC3)nn2)C[C@H]1C(=O)N[C@@H](Cc1ccccc1)C(N)=O)C(C)C. The smallest absolute Gasteiger partial charge is 0.246 e. The molecule has 0 radical (unpaired) electrons. The number of benzene rings is 1. The highest BCUT2D eigenvalue weighted by Crippen LogP contribution is 2.39. The molecular formula is C28H40N8O4. The van der Waals surface area contributed by atoms with E-state index in [0.717, 1.165) is 24.1 Å². The zero-order chi connectivity index (χ0) is 29.0. The number of carbonyl (C=O) groups is 4. The van der Waals surface area contributed by atoms with Gasteiger partial charge in [-0.3, -0.25) is 19.2 Å². The Hall–Kier alpha value is -3.80. The molecule has 12 nitrogen and oxygen atoms in total. The lowest BCUT2D eigenvalue weighted by Gasteiger charge is -2.31. The van der Waals surface area contributed by atoms with Crippen molar-refractivity contribution in [3.8, 4) is 0 Å². The summed E-state index contributed by atoms with van der Waals surface area (Å²) in [6.45, 7) is 5.61. The van der Waals surface area contributed by atoms with Gasteiger partial charge in [0.05, 0.1) is 17.8 Å². The summed E-state index contributed by atoms with van der Waals surface area (Å²) < 4.78 is 1.72. The number of hydrogen-bond acceptors (Lipinski definition) is 7. The molecule has 12 heteroatoms. The summed E-state index contributed by atoms with van der Waals surface area (Å²) in [7, 11) is 1.67. The van der Waals surface area contributed by atoms with Gasteiger partial charge >= 0.3 is 0 Å². The topological polar surface area (TPSA) is 164 Å². The highest BCUT2D eigenvalue weighted by molar-refractivity contribution is 5.95. The number of hydrogen-bond donors (Lipinski definition) is 4. The fraction of sp³-hybridized carbons (Fsp3) is 0.571. The first kappa shape index (κ1) is 29.2. The molecule has 4 rings (SSSR count). The van der Waals surface area contributed by atoms with E-state index in [1.165, 1.54) is 4.90 Å². The fourth-order valence-electron chi connectivity index (χ4n) is 4.97. The summed E-state index contributed by atoms with van der Waals surface area (Å²) >= 11 is 0. The Kier molecular flexibility index (Phi) is 9.18. The average Bonchev–Trinajstić information content (AvgIpc) is 3.49. The molecule has 2 aliphatic rings. The molecule has 1 saturated carbocycles. The van der Waals surface area contributed by atoms with Gasteiger partial charge in [-0.2, -0.15) is 0 Å². The van der Waals surface area contributed by atoms with Crippen molar-refractivity contribution in [3.05, 3.63) is 47.8 Å². The summed E-state index contributed by atoms with van der Waals surface area (Å²) in [4.78, 5) is 54.1. The molecule has 0 spiro atoms. The number of nitrogens with two attached hydrogens (primary N) is 1. The number of nitrogens with one attached hydrogen (secondary N) is 3. The second-order valence-electron chi connectivity index (χ2n) is 11.2. The molecule has 1 saturated heterocycles. The molecule has 2 fully saturated rings. The van der Waals surface area contributed by atoms with Crippen LogP contribution >= 0.6 is 0 Å². The van der Waals surface area contributed by atoms with E-state index in [0.29, 0.717) is 5.92 Å². The van der Waals surface area contributed by atoms with Gasteiger partial charge in [0.1, 0.15) is 18.1 Å². The Balaban J connectivity index is 1.57. The highest BCUT2D eigenvalue weighted by atomic mass is 16.2. The number of amides is 4. The maximum Gasteiger partial charge on any atom is 0.246 e. The third-order valence-corrected chi connectivity index (χ3v) is 7.76. The van der Waals surface area contributed by atoms with Crippen molar-refractivity contribution in [2.24, 2.45) is 11.7 Å². The average molecular weight is 553 g/mol. The third-order valence-electron chi connectivity index (χ3n) is 7.76. The van der Waals surface area contributed by atoms with Crippen molar-refractivity contribution in [3.63, 3.8) is 0 Å². The van der Waals surface area contributed by atoms with Gasteiger partial charge < -0.3 is 26.6 Å². The second kappa shape index (κ2) is 12.6. The third kappa shape index (κ3) is 6.85. The molecule has 5 N–H and O–H groups in total. The van der Waals surface area contributed by atoms with E-state index < -0.39 is 36.0 Å². The van der Waals surface area contributed by atoms with Crippen molar-refractivity contribution < 1.29 is 19.2 Å². The molecule has 5 atom stereocenters. The normalized spacial score (nSPS) is 21.1. The zero-order valence-electron chi connectivity index (χ0n) is 23.5. The number of carbonyl (C=O) groups excluding carboxylic acids is 4. The van der Waals surface area contributed by atoms with Crippen LogP contribution in [0.2, 0.25) is 0 Å². The maximum absolute atomic E-state index is 13.9. The first-order valence-corrected chi connectivity index (χ1v) is 13.9. The molecule has 2 heterocycles. The Morgan fingerprint density at radius 2 is 1.77 bits per heavy atom. The van der Waals surface area contributed by atoms with Gasteiger partial charge in [-0.1, -0.05) is 49.4 Å². The Bertz CT molecular complexity index is 1210. The van der Waals surface area contributed by atoms with Gasteiger partial charge in [0.25, 0.3) is 0 Å². The summed E-state index contributed by atoms with van der Waals surface area (Å²) in [6.07, 6.45) is 4.56. The van der Waals surface area contributed by atoms with E-state index in [1.807, 2.05) is 50.4 Å². The summed E-state index contributed by atoms with van der Waals surface area (Å²) in [6, 6.07) is 5.81. The van der Waals surface area contributed by atoms with Gasteiger partial charge in [-0.05, 0) is 38.3 Å². The largest absolute Gasteiger partial charge is 0.368 e. The van der Waals surface area contributed by atoms with Crippen molar-refractivity contribution in [1.82, 2.24) is 35.8 Å². The maximum atomic E-state index is 13.9. The van der Waals surface area contributed by atoms with Gasteiger partial charge in [0.15, 0.2) is 0 Å². The van der Waals surface area contributed by atoms with Crippen LogP contribution in [-0.2, 0) is 25.6 Å². The Morgan fingerprint density at radius 1 is 1.07 bits per heavy atom. The molecule has 216 valence electrons. The number of likely N-dealkylation sites (tertiary alicyclic amines) is 1. The number of nitrogens with zero attached hydrogens (tertiary/aromatic N) is 4. The lowest BCUT2D eigenvalue weighted by Crippen LogP contribution is -2.58. The summed E-state index contributed by atoms with van der Waals surface area (Å²) in [5.74, 6) is -1.63. The number of rotatable bonds is 12. The molecule has 1 aromatic carbocycles. The fourth-order valence-corrected chi connectivity index (χ4v) is 4.97. The van der Waals surface area contributed by atoms with Crippen LogP contribution in [0.1, 0.15) is 63.3 Å². The van der Waals surface area contributed by atoms with Gasteiger partial charge in [0.2, 0.25) is 23.6 Å². The monoisotopic (exact) mass is 552 g/mol. The second-order valence-corrected chi connectivity index (χ2v) is 11.2. The Labute approximate surface area is 234 Å². The first-order valence-electron chi connectivity index (χ1n) is 13.9. The molecule has 40 heavy (non-hydrogen) atoms. The van der Waals surface area contributed by atoms with Crippen LogP contribution in [-0.4, -0.2) is 81.3 Å². The quantitative estimate of drug-likeness (QED) is 0.293. The molecular weight excluding hydrogens is 512 g/mol. The number of aromatic nitrogens is 3. The van der Waals surface area contributed by atoms with Crippen molar-refractivity contribution in [2.75, 3.05) is 13.6 Å². The standard InChI is InChI=1S/C28H40N8O4/c1-16(2)24(32-26(38)17(3)30-4)28(40)35-14-20(36-15-22(33-34-36)19-10-11-19)13-23(35)27(39)31-21(25(29)37)12-18-8-6-5-7-9-18/h5-9,15-17,19-21,23-24,30H,10-14H2,1-4H3,(H2,29,37)(H,31,39)(H,32,38)/t17-,20+,21-,23-,24-/m0/s1. The van der Waals surface area contributed by atoms with Crippen molar-refractivity contribution in [2.45, 2.75) is 82.6 Å². The van der Waals surface area contributed by atoms with Gasteiger partial charge in [-0.25, -0.2) is 4.68 Å². The Morgan fingerprint density at radius 3 is 2.38 bits per heavy atom. The van der Waals surface area contributed by atoms with Crippen LogP contribution in [0.15, 0.2) is 36.5 Å². The predicted molar refractivity (Wildman–Crippen MR) is 148 cm³/mol. The summed E-state index contributed by atoms with van der Waals surface area (Å²) in [5, 5.41) is 17.1. The molecule has 4 amide bonds.